The third-order valence-electron chi connectivity index (χ3n) is 3.09. The maximum absolute atomic E-state index is 4.71. The second kappa shape index (κ2) is 4.04. The zero-order valence-corrected chi connectivity index (χ0v) is 12.2. The fraction of sp³-hybridized carbons (Fsp3) is 0.500. The molecule has 0 atom stereocenters. The third-order valence-corrected chi connectivity index (χ3v) is 3.09. The summed E-state index contributed by atoms with van der Waals surface area (Å²) < 4.78 is 0. The summed E-state index contributed by atoms with van der Waals surface area (Å²) in [4.78, 5) is 9.42. The van der Waals surface area contributed by atoms with Gasteiger partial charge in [-0.2, -0.15) is 0 Å². The second-order valence-corrected chi connectivity index (χ2v) is 6.94. The summed E-state index contributed by atoms with van der Waals surface area (Å²) in [6.07, 6.45) is 0. The van der Waals surface area contributed by atoms with Crippen molar-refractivity contribution in [3.05, 3.63) is 35.7 Å². The lowest BCUT2D eigenvalue weighted by molar-refractivity contribution is 0.564. The first-order chi connectivity index (χ1) is 8.18. The van der Waals surface area contributed by atoms with E-state index < -0.39 is 0 Å². The minimum atomic E-state index is 0.0631. The van der Waals surface area contributed by atoms with Crippen LogP contribution >= 0.6 is 0 Å². The Labute approximate surface area is 109 Å². The number of nitrogens with zero attached hydrogens (tertiary/aromatic N) is 2. The molecule has 0 aliphatic carbocycles. The molecule has 96 valence electrons. The molecule has 0 saturated carbocycles. The van der Waals surface area contributed by atoms with Crippen LogP contribution in [-0.4, -0.2) is 9.97 Å². The molecular weight excluding hydrogens is 220 g/mol. The Balaban J connectivity index is 2.61. The lowest BCUT2D eigenvalue weighted by Crippen LogP contribution is -2.15. The van der Waals surface area contributed by atoms with Gasteiger partial charge in [-0.05, 0) is 24.3 Å². The van der Waals surface area contributed by atoms with Crippen molar-refractivity contribution < 1.29 is 0 Å². The smallest absolute Gasteiger partial charge is 0.159 e. The summed E-state index contributed by atoms with van der Waals surface area (Å²) in [5.74, 6) is 0. The molecule has 0 aromatic carbocycles. The molecule has 0 spiro atoms. The standard InChI is InChI=1S/C16H22N2/c1-15(2,3)12-9-7-11-8-10-13(16(4,5)6)18-14(11)17-12/h7-10H,1-6H3. The van der Waals surface area contributed by atoms with Crippen LogP contribution in [-0.2, 0) is 10.8 Å². The predicted molar refractivity (Wildman–Crippen MR) is 76.9 cm³/mol. The molecule has 2 heteroatoms. The van der Waals surface area contributed by atoms with Crippen molar-refractivity contribution in [2.75, 3.05) is 0 Å². The summed E-state index contributed by atoms with van der Waals surface area (Å²) in [6.45, 7) is 13.1. The van der Waals surface area contributed by atoms with Gasteiger partial charge >= 0.3 is 0 Å². The van der Waals surface area contributed by atoms with Crippen molar-refractivity contribution in [2.45, 2.75) is 52.4 Å². The zero-order valence-electron chi connectivity index (χ0n) is 12.2. The molecule has 0 aliphatic heterocycles. The summed E-state index contributed by atoms with van der Waals surface area (Å²) in [5, 5.41) is 1.11. The van der Waals surface area contributed by atoms with E-state index in [4.69, 9.17) is 9.97 Å². The summed E-state index contributed by atoms with van der Waals surface area (Å²) in [7, 11) is 0. The first-order valence-corrected chi connectivity index (χ1v) is 6.47. The van der Waals surface area contributed by atoms with Crippen LogP contribution in [0.5, 0.6) is 0 Å². The van der Waals surface area contributed by atoms with Crippen molar-refractivity contribution >= 4 is 11.0 Å². The lowest BCUT2D eigenvalue weighted by Gasteiger charge is -2.20. The number of aromatic nitrogens is 2. The van der Waals surface area contributed by atoms with E-state index >= 15 is 0 Å². The molecule has 0 fully saturated rings. The molecule has 0 radical (unpaired) electrons. The Morgan fingerprint density at radius 3 is 1.39 bits per heavy atom. The highest BCUT2D eigenvalue weighted by atomic mass is 14.9. The van der Waals surface area contributed by atoms with Gasteiger partial charge in [0.05, 0.1) is 0 Å². The summed E-state index contributed by atoms with van der Waals surface area (Å²) in [5.41, 5.74) is 3.17. The lowest BCUT2D eigenvalue weighted by atomic mass is 9.90. The van der Waals surface area contributed by atoms with Gasteiger partial charge in [0, 0.05) is 27.6 Å². The van der Waals surface area contributed by atoms with Gasteiger partial charge in [-0.1, -0.05) is 41.5 Å². The molecular formula is C16H22N2. The second-order valence-electron chi connectivity index (χ2n) is 6.94. The van der Waals surface area contributed by atoms with Crippen LogP contribution in [0.1, 0.15) is 52.9 Å². The molecule has 0 bridgehead atoms. The molecule has 0 amide bonds. The highest BCUT2D eigenvalue weighted by Crippen LogP contribution is 2.25. The van der Waals surface area contributed by atoms with Crippen LogP contribution < -0.4 is 0 Å². The molecule has 0 N–H and O–H groups in total. The average molecular weight is 242 g/mol. The van der Waals surface area contributed by atoms with Gasteiger partial charge in [-0.15, -0.1) is 0 Å². The monoisotopic (exact) mass is 242 g/mol. The molecule has 0 aliphatic rings. The van der Waals surface area contributed by atoms with E-state index in [1.54, 1.807) is 0 Å². The Morgan fingerprint density at radius 2 is 1.06 bits per heavy atom. The molecule has 0 unspecified atom stereocenters. The van der Waals surface area contributed by atoms with Crippen LogP contribution in [0.2, 0.25) is 0 Å². The summed E-state index contributed by atoms with van der Waals surface area (Å²) >= 11 is 0. The Bertz CT molecular complexity index is 523. The average Bonchev–Trinajstić information content (AvgIpc) is 2.25. The van der Waals surface area contributed by atoms with Crippen LogP contribution in [0.3, 0.4) is 0 Å². The number of hydrogen-bond acceptors (Lipinski definition) is 2. The molecule has 2 heterocycles. The fourth-order valence-corrected chi connectivity index (χ4v) is 1.83. The first-order valence-electron chi connectivity index (χ1n) is 6.47. The molecule has 2 nitrogen and oxygen atoms in total. The van der Waals surface area contributed by atoms with Crippen LogP contribution in [0.4, 0.5) is 0 Å². The Hall–Kier alpha value is -1.44. The van der Waals surface area contributed by atoms with Crippen LogP contribution in [0.15, 0.2) is 24.3 Å². The normalized spacial score (nSPS) is 13.0. The number of fused-ring (bicyclic) bond motifs is 1. The quantitative estimate of drug-likeness (QED) is 0.691. The van der Waals surface area contributed by atoms with E-state index in [1.165, 1.54) is 0 Å². The number of rotatable bonds is 0. The fourth-order valence-electron chi connectivity index (χ4n) is 1.83. The highest BCUT2D eigenvalue weighted by molar-refractivity contribution is 5.75. The minimum Gasteiger partial charge on any atom is -0.233 e. The van der Waals surface area contributed by atoms with E-state index in [0.717, 1.165) is 22.4 Å². The van der Waals surface area contributed by atoms with Crippen molar-refractivity contribution in [3.8, 4) is 0 Å². The van der Waals surface area contributed by atoms with Crippen molar-refractivity contribution in [1.29, 1.82) is 0 Å². The van der Waals surface area contributed by atoms with E-state index in [9.17, 15) is 0 Å². The molecule has 2 aromatic rings. The Morgan fingerprint density at radius 1 is 0.667 bits per heavy atom. The summed E-state index contributed by atoms with van der Waals surface area (Å²) in [6, 6.07) is 8.42. The largest absolute Gasteiger partial charge is 0.233 e. The van der Waals surface area contributed by atoms with E-state index in [2.05, 4.69) is 65.8 Å². The van der Waals surface area contributed by atoms with Gasteiger partial charge in [-0.25, -0.2) is 9.97 Å². The maximum atomic E-state index is 4.71. The van der Waals surface area contributed by atoms with E-state index in [-0.39, 0.29) is 10.8 Å². The minimum absolute atomic E-state index is 0.0631. The number of hydrogen-bond donors (Lipinski definition) is 0. The molecule has 18 heavy (non-hydrogen) atoms. The first kappa shape index (κ1) is 13.0. The topological polar surface area (TPSA) is 25.8 Å². The van der Waals surface area contributed by atoms with Gasteiger partial charge < -0.3 is 0 Å². The van der Waals surface area contributed by atoms with Crippen molar-refractivity contribution in [3.63, 3.8) is 0 Å². The maximum Gasteiger partial charge on any atom is 0.159 e. The SMILES string of the molecule is CC(C)(C)c1ccc2ccc(C(C)(C)C)nc2n1. The van der Waals surface area contributed by atoms with Crippen LogP contribution in [0, 0.1) is 0 Å². The van der Waals surface area contributed by atoms with Gasteiger partial charge in [0.1, 0.15) is 0 Å². The van der Waals surface area contributed by atoms with E-state index in [1.807, 2.05) is 0 Å². The van der Waals surface area contributed by atoms with Crippen molar-refractivity contribution in [2.24, 2.45) is 0 Å². The van der Waals surface area contributed by atoms with Crippen LogP contribution in [0.25, 0.3) is 11.0 Å². The van der Waals surface area contributed by atoms with Gasteiger partial charge in [0.15, 0.2) is 5.65 Å². The third kappa shape index (κ3) is 2.53. The zero-order chi connectivity index (χ0) is 13.6. The van der Waals surface area contributed by atoms with Gasteiger partial charge in [0.25, 0.3) is 0 Å². The predicted octanol–water partition coefficient (Wildman–Crippen LogP) is 4.22. The van der Waals surface area contributed by atoms with Crippen molar-refractivity contribution in [1.82, 2.24) is 9.97 Å². The highest BCUT2D eigenvalue weighted by Gasteiger charge is 2.18. The molecule has 2 rings (SSSR count). The molecule has 2 aromatic heterocycles. The molecule has 0 saturated heterocycles. The van der Waals surface area contributed by atoms with E-state index in [0.29, 0.717) is 0 Å². The van der Waals surface area contributed by atoms with Gasteiger partial charge in [-0.3, -0.25) is 0 Å². The number of pyridine rings is 2. The Kier molecular flexibility index (Phi) is 2.92. The van der Waals surface area contributed by atoms with Gasteiger partial charge in [0.2, 0.25) is 0 Å².